The minimum Gasteiger partial charge on any atom is -0.344 e. The lowest BCUT2D eigenvalue weighted by molar-refractivity contribution is -0.908. The standard InChI is InChI=1S/C21H26N2O/c1-3-20(18-10-8-16(2)9-11-18)22-21(24)15-23-13-12-17-6-4-5-7-19(17)14-23/h4-11,20H,3,12-15H2,1-2H3,(H,22,24)/p+1/t20-/m0/s1. The van der Waals surface area contributed by atoms with Gasteiger partial charge >= 0.3 is 0 Å². The molecule has 1 aliphatic heterocycles. The Morgan fingerprint density at radius 3 is 2.54 bits per heavy atom. The van der Waals surface area contributed by atoms with Crippen LogP contribution in [0.2, 0.25) is 0 Å². The molecule has 24 heavy (non-hydrogen) atoms. The van der Waals surface area contributed by atoms with E-state index in [1.165, 1.54) is 27.2 Å². The summed E-state index contributed by atoms with van der Waals surface area (Å²) in [4.78, 5) is 13.9. The molecule has 0 aliphatic carbocycles. The second-order valence-electron chi connectivity index (χ2n) is 6.81. The number of carbonyl (C=O) groups is 1. The molecule has 1 unspecified atom stereocenters. The summed E-state index contributed by atoms with van der Waals surface area (Å²) in [6.45, 7) is 6.74. The minimum absolute atomic E-state index is 0.106. The van der Waals surface area contributed by atoms with Crippen molar-refractivity contribution in [1.29, 1.82) is 0 Å². The fourth-order valence-electron chi connectivity index (χ4n) is 3.49. The molecule has 0 saturated carbocycles. The topological polar surface area (TPSA) is 33.5 Å². The van der Waals surface area contributed by atoms with Crippen molar-refractivity contribution in [2.45, 2.75) is 39.3 Å². The van der Waals surface area contributed by atoms with E-state index in [4.69, 9.17) is 0 Å². The van der Waals surface area contributed by atoms with Crippen LogP contribution in [0.5, 0.6) is 0 Å². The fraction of sp³-hybridized carbons (Fsp3) is 0.381. The monoisotopic (exact) mass is 323 g/mol. The molecule has 126 valence electrons. The number of fused-ring (bicyclic) bond motifs is 1. The van der Waals surface area contributed by atoms with Crippen LogP contribution in [0.25, 0.3) is 0 Å². The summed E-state index contributed by atoms with van der Waals surface area (Å²) in [5.74, 6) is 0.150. The zero-order valence-electron chi connectivity index (χ0n) is 14.6. The first-order valence-corrected chi connectivity index (χ1v) is 8.92. The van der Waals surface area contributed by atoms with Gasteiger partial charge in [-0.15, -0.1) is 0 Å². The highest BCUT2D eigenvalue weighted by molar-refractivity contribution is 5.77. The molecule has 2 N–H and O–H groups in total. The molecule has 0 radical (unpaired) electrons. The Hall–Kier alpha value is -2.13. The van der Waals surface area contributed by atoms with E-state index in [1.54, 1.807) is 0 Å². The molecule has 1 amide bonds. The van der Waals surface area contributed by atoms with Gasteiger partial charge in [-0.25, -0.2) is 0 Å². The molecule has 0 bridgehead atoms. The third-order valence-corrected chi connectivity index (χ3v) is 4.94. The molecule has 2 aromatic carbocycles. The number of benzene rings is 2. The molecule has 2 aromatic rings. The average molecular weight is 323 g/mol. The van der Waals surface area contributed by atoms with Crippen LogP contribution in [0.15, 0.2) is 48.5 Å². The van der Waals surface area contributed by atoms with Gasteiger partial charge in [-0.2, -0.15) is 0 Å². The molecule has 1 aliphatic rings. The highest BCUT2D eigenvalue weighted by Gasteiger charge is 2.22. The third-order valence-electron chi connectivity index (χ3n) is 4.94. The first-order chi connectivity index (χ1) is 11.7. The molecule has 0 spiro atoms. The number of quaternary nitrogens is 1. The Bertz CT molecular complexity index is 693. The van der Waals surface area contributed by atoms with Crippen LogP contribution < -0.4 is 10.2 Å². The van der Waals surface area contributed by atoms with Gasteiger partial charge in [0.1, 0.15) is 6.54 Å². The molecule has 3 rings (SSSR count). The zero-order valence-corrected chi connectivity index (χ0v) is 14.6. The normalized spacial score (nSPS) is 17.8. The number of hydrogen-bond donors (Lipinski definition) is 2. The largest absolute Gasteiger partial charge is 0.344 e. The Balaban J connectivity index is 1.58. The first-order valence-electron chi connectivity index (χ1n) is 8.92. The highest BCUT2D eigenvalue weighted by atomic mass is 16.2. The molecule has 0 saturated heterocycles. The lowest BCUT2D eigenvalue weighted by atomic mass is 10.00. The summed E-state index contributed by atoms with van der Waals surface area (Å²) in [6, 6.07) is 17.1. The summed E-state index contributed by atoms with van der Waals surface area (Å²) in [5, 5.41) is 3.21. The number of rotatable bonds is 5. The van der Waals surface area contributed by atoms with Crippen LogP contribution in [0, 0.1) is 6.92 Å². The van der Waals surface area contributed by atoms with Gasteiger partial charge in [0, 0.05) is 12.0 Å². The van der Waals surface area contributed by atoms with Crippen molar-refractivity contribution in [2.75, 3.05) is 13.1 Å². The van der Waals surface area contributed by atoms with Gasteiger partial charge in [-0.05, 0) is 24.5 Å². The third kappa shape index (κ3) is 4.04. The summed E-state index contributed by atoms with van der Waals surface area (Å²) < 4.78 is 0. The Morgan fingerprint density at radius 2 is 1.83 bits per heavy atom. The van der Waals surface area contributed by atoms with Crippen molar-refractivity contribution in [3.05, 3.63) is 70.8 Å². The highest BCUT2D eigenvalue weighted by Crippen LogP contribution is 2.17. The maximum atomic E-state index is 12.5. The van der Waals surface area contributed by atoms with Crippen LogP contribution in [-0.4, -0.2) is 19.0 Å². The molecule has 3 heteroatoms. The van der Waals surface area contributed by atoms with Crippen LogP contribution in [0.4, 0.5) is 0 Å². The smallest absolute Gasteiger partial charge is 0.275 e. The maximum Gasteiger partial charge on any atom is 0.275 e. The van der Waals surface area contributed by atoms with E-state index in [0.717, 1.165) is 25.9 Å². The second-order valence-corrected chi connectivity index (χ2v) is 6.81. The van der Waals surface area contributed by atoms with E-state index < -0.39 is 0 Å². The first kappa shape index (κ1) is 16.7. The number of amides is 1. The van der Waals surface area contributed by atoms with Crippen LogP contribution in [0.1, 0.15) is 41.6 Å². The van der Waals surface area contributed by atoms with E-state index in [9.17, 15) is 4.79 Å². The second kappa shape index (κ2) is 7.63. The SMILES string of the molecule is CC[C@H](NC(=O)C[NH+]1CCc2ccccc2C1)c1ccc(C)cc1. The number of nitrogens with one attached hydrogen (secondary N) is 2. The van der Waals surface area contributed by atoms with Gasteiger partial charge < -0.3 is 10.2 Å². The van der Waals surface area contributed by atoms with Crippen LogP contribution in [0.3, 0.4) is 0 Å². The summed E-state index contributed by atoms with van der Waals surface area (Å²) in [7, 11) is 0. The lowest BCUT2D eigenvalue weighted by Gasteiger charge is -2.26. The van der Waals surface area contributed by atoms with Crippen molar-refractivity contribution in [1.82, 2.24) is 5.32 Å². The van der Waals surface area contributed by atoms with E-state index in [0.29, 0.717) is 6.54 Å². The fourth-order valence-corrected chi connectivity index (χ4v) is 3.49. The zero-order chi connectivity index (χ0) is 16.9. The summed E-state index contributed by atoms with van der Waals surface area (Å²) in [6.07, 6.45) is 1.97. The van der Waals surface area contributed by atoms with Crippen molar-refractivity contribution >= 4 is 5.91 Å². The van der Waals surface area contributed by atoms with Gasteiger partial charge in [0.05, 0.1) is 12.6 Å². The van der Waals surface area contributed by atoms with Crippen LogP contribution in [-0.2, 0) is 17.8 Å². The Morgan fingerprint density at radius 1 is 1.12 bits per heavy atom. The molecule has 2 atom stereocenters. The lowest BCUT2D eigenvalue weighted by Crippen LogP contribution is -3.12. The van der Waals surface area contributed by atoms with Crippen molar-refractivity contribution in [3.8, 4) is 0 Å². The van der Waals surface area contributed by atoms with Crippen LogP contribution >= 0.6 is 0 Å². The van der Waals surface area contributed by atoms with Gasteiger partial charge in [0.2, 0.25) is 0 Å². The molecular formula is C21H27N2O+. The quantitative estimate of drug-likeness (QED) is 0.869. The minimum atomic E-state index is 0.106. The van der Waals surface area contributed by atoms with Gasteiger partial charge in [0.25, 0.3) is 5.91 Å². The van der Waals surface area contributed by atoms with Crippen molar-refractivity contribution in [3.63, 3.8) is 0 Å². The van der Waals surface area contributed by atoms with Crippen molar-refractivity contribution in [2.24, 2.45) is 0 Å². The van der Waals surface area contributed by atoms with E-state index in [-0.39, 0.29) is 11.9 Å². The molecule has 3 nitrogen and oxygen atoms in total. The molecule has 0 aromatic heterocycles. The number of hydrogen-bond acceptors (Lipinski definition) is 1. The molecule has 0 fully saturated rings. The predicted molar refractivity (Wildman–Crippen MR) is 96.9 cm³/mol. The Labute approximate surface area is 144 Å². The maximum absolute atomic E-state index is 12.5. The summed E-state index contributed by atoms with van der Waals surface area (Å²) >= 11 is 0. The van der Waals surface area contributed by atoms with Gasteiger partial charge in [-0.1, -0.05) is 61.0 Å². The number of carbonyl (C=O) groups excluding carboxylic acids is 1. The van der Waals surface area contributed by atoms with E-state index in [1.807, 2.05) is 0 Å². The predicted octanol–water partition coefficient (Wildman–Crippen LogP) is 2.20. The Kier molecular flexibility index (Phi) is 5.31. The van der Waals surface area contributed by atoms with E-state index >= 15 is 0 Å². The average Bonchev–Trinajstić information content (AvgIpc) is 2.60. The van der Waals surface area contributed by atoms with E-state index in [2.05, 4.69) is 67.7 Å². The molecule has 1 heterocycles. The summed E-state index contributed by atoms with van der Waals surface area (Å²) in [5.41, 5.74) is 5.26. The number of aryl methyl sites for hydroxylation is 1. The van der Waals surface area contributed by atoms with Gasteiger partial charge in [0.15, 0.2) is 6.54 Å². The van der Waals surface area contributed by atoms with Crippen molar-refractivity contribution < 1.29 is 9.69 Å². The van der Waals surface area contributed by atoms with Gasteiger partial charge in [-0.3, -0.25) is 4.79 Å². The molecular weight excluding hydrogens is 296 g/mol.